The quantitative estimate of drug-likeness (QED) is 0.415. The first-order valence-corrected chi connectivity index (χ1v) is 11.2. The van der Waals surface area contributed by atoms with E-state index in [1.165, 1.54) is 18.2 Å². The molecule has 0 saturated carbocycles. The third-order valence-corrected chi connectivity index (χ3v) is 6.04. The minimum absolute atomic E-state index is 0.0102. The van der Waals surface area contributed by atoms with Crippen molar-refractivity contribution in [1.82, 2.24) is 4.90 Å². The molecule has 1 N–H and O–H groups in total. The molecule has 7 heteroatoms. The highest BCUT2D eigenvalue weighted by atomic mass is 19.1. The lowest BCUT2D eigenvalue weighted by atomic mass is 10.1. The van der Waals surface area contributed by atoms with Crippen molar-refractivity contribution in [2.75, 3.05) is 19.0 Å². The molecule has 0 bridgehead atoms. The van der Waals surface area contributed by atoms with E-state index in [1.807, 2.05) is 23.1 Å². The Morgan fingerprint density at radius 3 is 2.46 bits per heavy atom. The van der Waals surface area contributed by atoms with Crippen LogP contribution in [-0.4, -0.2) is 30.4 Å². The maximum atomic E-state index is 13.8. The number of benzene rings is 3. The van der Waals surface area contributed by atoms with Crippen LogP contribution in [0.2, 0.25) is 0 Å². The highest BCUT2D eigenvalue weighted by molar-refractivity contribution is 6.04. The monoisotopic (exact) mass is 470 g/mol. The molecule has 0 spiro atoms. The van der Waals surface area contributed by atoms with Crippen LogP contribution in [0, 0.1) is 5.82 Å². The van der Waals surface area contributed by atoms with Gasteiger partial charge in [0.25, 0.3) is 11.8 Å². The van der Waals surface area contributed by atoms with Crippen molar-refractivity contribution in [3.8, 4) is 17.1 Å². The van der Waals surface area contributed by atoms with E-state index in [9.17, 15) is 14.0 Å². The molecule has 2 amide bonds. The molecule has 4 aromatic rings. The molecule has 2 heterocycles. The Kier molecular flexibility index (Phi) is 6.06. The van der Waals surface area contributed by atoms with Crippen molar-refractivity contribution >= 4 is 17.5 Å². The standard InChI is InChI=1S/C28H23FN2O4/c1-34-22-12-8-19(9-13-22)28(33)31-15-14-25-20(17-31)16-26(35-25)18-6-10-21(11-7-18)30-27(32)23-4-2-3-5-24(23)29/h2-13,16H,14-15,17H2,1H3,(H,30,32). The van der Waals surface area contributed by atoms with Crippen LogP contribution in [0.25, 0.3) is 11.3 Å². The number of furan rings is 1. The second-order valence-electron chi connectivity index (χ2n) is 8.28. The number of carbonyl (C=O) groups is 2. The van der Waals surface area contributed by atoms with Crippen LogP contribution in [0.15, 0.2) is 83.3 Å². The molecule has 0 atom stereocenters. The van der Waals surface area contributed by atoms with Gasteiger partial charge in [-0.25, -0.2) is 4.39 Å². The third kappa shape index (κ3) is 4.66. The molecule has 5 rings (SSSR count). The number of carbonyl (C=O) groups excluding carboxylic acids is 2. The van der Waals surface area contributed by atoms with Crippen LogP contribution in [0.1, 0.15) is 32.0 Å². The normalized spacial score (nSPS) is 12.7. The van der Waals surface area contributed by atoms with Gasteiger partial charge in [0.1, 0.15) is 23.1 Å². The fourth-order valence-corrected chi connectivity index (χ4v) is 4.13. The third-order valence-electron chi connectivity index (χ3n) is 6.04. The SMILES string of the molecule is COc1ccc(C(=O)N2CCc3oc(-c4ccc(NC(=O)c5ccccc5F)cc4)cc3C2)cc1. The van der Waals surface area contributed by atoms with Gasteiger partial charge in [0.2, 0.25) is 0 Å². The lowest BCUT2D eigenvalue weighted by Gasteiger charge is -2.26. The zero-order chi connectivity index (χ0) is 24.4. The van der Waals surface area contributed by atoms with Crippen LogP contribution < -0.4 is 10.1 Å². The number of hydrogen-bond acceptors (Lipinski definition) is 4. The molecule has 1 aliphatic heterocycles. The van der Waals surface area contributed by atoms with Crippen LogP contribution in [0.5, 0.6) is 5.75 Å². The Morgan fingerprint density at radius 2 is 1.74 bits per heavy atom. The molecule has 6 nitrogen and oxygen atoms in total. The smallest absolute Gasteiger partial charge is 0.258 e. The van der Waals surface area contributed by atoms with E-state index in [1.54, 1.807) is 49.6 Å². The number of ether oxygens (including phenoxy) is 1. The number of nitrogens with zero attached hydrogens (tertiary/aromatic N) is 1. The average Bonchev–Trinajstić information content (AvgIpc) is 3.32. The van der Waals surface area contributed by atoms with E-state index < -0.39 is 11.7 Å². The number of hydrogen-bond donors (Lipinski definition) is 1. The van der Waals surface area contributed by atoms with Gasteiger partial charge in [0, 0.05) is 41.9 Å². The number of halogens is 1. The Labute approximate surface area is 201 Å². The first-order valence-electron chi connectivity index (χ1n) is 11.2. The Morgan fingerprint density at radius 1 is 1.00 bits per heavy atom. The van der Waals surface area contributed by atoms with E-state index in [0.717, 1.165) is 16.9 Å². The highest BCUT2D eigenvalue weighted by Gasteiger charge is 2.25. The highest BCUT2D eigenvalue weighted by Crippen LogP contribution is 2.31. The Hall–Kier alpha value is -4.39. The second-order valence-corrected chi connectivity index (χ2v) is 8.28. The number of anilines is 1. The molecule has 1 aromatic heterocycles. The van der Waals surface area contributed by atoms with E-state index >= 15 is 0 Å². The summed E-state index contributed by atoms with van der Waals surface area (Å²) in [5, 5.41) is 2.71. The van der Waals surface area contributed by atoms with Crippen LogP contribution in [0.3, 0.4) is 0 Å². The topological polar surface area (TPSA) is 71.8 Å². The number of methoxy groups -OCH3 is 1. The maximum Gasteiger partial charge on any atom is 0.258 e. The summed E-state index contributed by atoms with van der Waals surface area (Å²) in [6.45, 7) is 1.05. The number of nitrogens with one attached hydrogen (secondary N) is 1. The summed E-state index contributed by atoms with van der Waals surface area (Å²) in [6.07, 6.45) is 0.633. The zero-order valence-electron chi connectivity index (χ0n) is 19.1. The van der Waals surface area contributed by atoms with Gasteiger partial charge in [-0.05, 0) is 66.7 Å². The van der Waals surface area contributed by atoms with Crippen molar-refractivity contribution in [1.29, 1.82) is 0 Å². The van der Waals surface area contributed by atoms with Crippen LogP contribution in [0.4, 0.5) is 10.1 Å². The first kappa shape index (κ1) is 22.4. The van der Waals surface area contributed by atoms with Gasteiger partial charge >= 0.3 is 0 Å². The summed E-state index contributed by atoms with van der Waals surface area (Å²) < 4.78 is 25.1. The number of fused-ring (bicyclic) bond motifs is 1. The summed E-state index contributed by atoms with van der Waals surface area (Å²) in [6, 6.07) is 22.1. The molecule has 0 saturated heterocycles. The maximum absolute atomic E-state index is 13.8. The molecule has 35 heavy (non-hydrogen) atoms. The number of amides is 2. The molecular formula is C28H23FN2O4. The number of rotatable bonds is 5. The van der Waals surface area contributed by atoms with Crippen molar-refractivity contribution in [3.05, 3.63) is 107 Å². The van der Waals surface area contributed by atoms with E-state index in [2.05, 4.69) is 5.32 Å². The van der Waals surface area contributed by atoms with Crippen LogP contribution in [-0.2, 0) is 13.0 Å². The summed E-state index contributed by atoms with van der Waals surface area (Å²) >= 11 is 0. The second kappa shape index (κ2) is 9.46. The molecular weight excluding hydrogens is 447 g/mol. The zero-order valence-corrected chi connectivity index (χ0v) is 19.1. The van der Waals surface area contributed by atoms with Gasteiger partial charge in [-0.15, -0.1) is 0 Å². The fraction of sp³-hybridized carbons (Fsp3) is 0.143. The minimum atomic E-state index is -0.567. The minimum Gasteiger partial charge on any atom is -0.497 e. The Bertz CT molecular complexity index is 1380. The van der Waals surface area contributed by atoms with E-state index in [0.29, 0.717) is 42.3 Å². The molecule has 3 aromatic carbocycles. The van der Waals surface area contributed by atoms with Crippen molar-refractivity contribution < 1.29 is 23.1 Å². The predicted octanol–water partition coefficient (Wildman–Crippen LogP) is 5.55. The van der Waals surface area contributed by atoms with Crippen molar-refractivity contribution in [2.45, 2.75) is 13.0 Å². The van der Waals surface area contributed by atoms with Crippen molar-refractivity contribution in [3.63, 3.8) is 0 Å². The van der Waals surface area contributed by atoms with Gasteiger partial charge in [-0.3, -0.25) is 9.59 Å². The predicted molar refractivity (Wildman–Crippen MR) is 130 cm³/mol. The first-order chi connectivity index (χ1) is 17.0. The molecule has 0 radical (unpaired) electrons. The molecule has 1 aliphatic rings. The van der Waals surface area contributed by atoms with Crippen LogP contribution >= 0.6 is 0 Å². The van der Waals surface area contributed by atoms with Gasteiger partial charge in [-0.1, -0.05) is 12.1 Å². The molecule has 0 aliphatic carbocycles. The van der Waals surface area contributed by atoms with Gasteiger partial charge in [-0.2, -0.15) is 0 Å². The van der Waals surface area contributed by atoms with E-state index in [-0.39, 0.29) is 11.5 Å². The molecule has 0 unspecified atom stereocenters. The fourth-order valence-electron chi connectivity index (χ4n) is 4.13. The molecule has 176 valence electrons. The summed E-state index contributed by atoms with van der Waals surface area (Å²) in [5.41, 5.74) is 2.98. The largest absolute Gasteiger partial charge is 0.497 e. The molecule has 0 fully saturated rings. The van der Waals surface area contributed by atoms with Gasteiger partial charge in [0.15, 0.2) is 0 Å². The average molecular weight is 471 g/mol. The summed E-state index contributed by atoms with van der Waals surface area (Å²) in [4.78, 5) is 27.1. The van der Waals surface area contributed by atoms with Gasteiger partial charge < -0.3 is 19.4 Å². The lowest BCUT2D eigenvalue weighted by Crippen LogP contribution is -2.35. The Balaban J connectivity index is 1.27. The van der Waals surface area contributed by atoms with Gasteiger partial charge in [0.05, 0.1) is 12.7 Å². The summed E-state index contributed by atoms with van der Waals surface area (Å²) in [5.74, 6) is 1.17. The summed E-state index contributed by atoms with van der Waals surface area (Å²) in [7, 11) is 1.59. The van der Waals surface area contributed by atoms with Crippen molar-refractivity contribution in [2.24, 2.45) is 0 Å². The lowest BCUT2D eigenvalue weighted by molar-refractivity contribution is 0.0729. The van der Waals surface area contributed by atoms with E-state index in [4.69, 9.17) is 9.15 Å².